The number of pyridine rings is 1. The third kappa shape index (κ3) is 5.36. The summed E-state index contributed by atoms with van der Waals surface area (Å²) >= 11 is 0. The van der Waals surface area contributed by atoms with Crippen LogP contribution >= 0.6 is 0 Å². The average molecular weight is 532 g/mol. The lowest BCUT2D eigenvalue weighted by Gasteiger charge is -2.46. The van der Waals surface area contributed by atoms with Crippen LogP contribution in [0, 0.1) is 12.7 Å². The highest BCUT2D eigenvalue weighted by Crippen LogP contribution is 2.42. The minimum absolute atomic E-state index is 0.00780. The van der Waals surface area contributed by atoms with Crippen LogP contribution in [0.1, 0.15) is 62.5 Å². The predicted octanol–water partition coefficient (Wildman–Crippen LogP) is 6.24. The minimum atomic E-state index is -2.93. The number of anilines is 1. The molecular formula is C28H32F3N3O4. The van der Waals surface area contributed by atoms with E-state index >= 15 is 0 Å². The van der Waals surface area contributed by atoms with E-state index in [1.165, 1.54) is 24.1 Å². The molecule has 1 saturated heterocycles. The van der Waals surface area contributed by atoms with E-state index in [-0.39, 0.29) is 18.7 Å². The Hall–Kier alpha value is -3.53. The summed E-state index contributed by atoms with van der Waals surface area (Å²) in [6.45, 7) is 8.79. The smallest absolute Gasteiger partial charge is 0.410 e. The molecule has 0 aliphatic carbocycles. The molecule has 0 spiro atoms. The second kappa shape index (κ2) is 9.98. The summed E-state index contributed by atoms with van der Waals surface area (Å²) in [4.78, 5) is 18.4. The zero-order valence-electron chi connectivity index (χ0n) is 22.2. The highest BCUT2D eigenvalue weighted by atomic mass is 19.3. The standard InChI is InChI=1S/C28H32F3N3O4/c1-15-10-21(33-16(2)17-8-7-9-18(24(17)29)25(30)31)19-11-20(23(37-6)12-22(19)32-15)28(36)13-34(14-28)26(35)38-27(3,4)5/h7-12,16,25,36H,13-14H2,1-6H3,(H,32,33). The van der Waals surface area contributed by atoms with Gasteiger partial charge in [-0.3, -0.25) is 4.98 Å². The highest BCUT2D eigenvalue weighted by molar-refractivity contribution is 5.93. The normalized spacial score (nSPS) is 15.8. The molecule has 10 heteroatoms. The van der Waals surface area contributed by atoms with Gasteiger partial charge in [-0.1, -0.05) is 18.2 Å². The Labute approximate surface area is 219 Å². The van der Waals surface area contributed by atoms with Crippen molar-refractivity contribution in [3.63, 3.8) is 0 Å². The number of hydrogen-bond acceptors (Lipinski definition) is 6. The van der Waals surface area contributed by atoms with Crippen molar-refractivity contribution in [3.05, 3.63) is 64.6 Å². The van der Waals surface area contributed by atoms with Crippen molar-refractivity contribution in [1.29, 1.82) is 0 Å². The monoisotopic (exact) mass is 531 g/mol. The lowest BCUT2D eigenvalue weighted by atomic mass is 9.84. The second-order valence-electron chi connectivity index (χ2n) is 10.7. The van der Waals surface area contributed by atoms with Gasteiger partial charge in [-0.15, -0.1) is 0 Å². The predicted molar refractivity (Wildman–Crippen MR) is 138 cm³/mol. The number of halogens is 3. The number of rotatable bonds is 6. The molecule has 1 fully saturated rings. The van der Waals surface area contributed by atoms with Crippen LogP contribution in [0.4, 0.5) is 23.7 Å². The van der Waals surface area contributed by atoms with Crippen LogP contribution < -0.4 is 10.1 Å². The molecule has 2 N–H and O–H groups in total. The molecule has 38 heavy (non-hydrogen) atoms. The number of fused-ring (bicyclic) bond motifs is 1. The van der Waals surface area contributed by atoms with E-state index in [9.17, 15) is 23.1 Å². The average Bonchev–Trinajstić information content (AvgIpc) is 2.79. The first-order valence-corrected chi connectivity index (χ1v) is 12.3. The first kappa shape index (κ1) is 27.5. The Kier molecular flexibility index (Phi) is 7.22. The van der Waals surface area contributed by atoms with E-state index in [1.54, 1.807) is 52.8 Å². The Morgan fingerprint density at radius 1 is 1.18 bits per heavy atom. The molecule has 1 aliphatic rings. The summed E-state index contributed by atoms with van der Waals surface area (Å²) in [7, 11) is 1.48. The summed E-state index contributed by atoms with van der Waals surface area (Å²) in [5.74, 6) is -0.553. The SMILES string of the molecule is COc1cc2nc(C)cc(NC(C)c3cccc(C(F)F)c3F)c2cc1C1(O)CN(C(=O)OC(C)(C)C)C1. The number of hydrogen-bond donors (Lipinski definition) is 2. The van der Waals surface area contributed by atoms with E-state index < -0.39 is 41.1 Å². The number of alkyl halides is 2. The van der Waals surface area contributed by atoms with E-state index in [1.807, 2.05) is 0 Å². The number of ether oxygens (including phenoxy) is 2. The number of benzene rings is 2. The fraction of sp³-hybridized carbons (Fsp3) is 0.429. The van der Waals surface area contributed by atoms with Crippen molar-refractivity contribution >= 4 is 22.7 Å². The number of nitrogens with one attached hydrogen (secondary N) is 1. The van der Waals surface area contributed by atoms with Gasteiger partial charge < -0.3 is 24.8 Å². The zero-order valence-corrected chi connectivity index (χ0v) is 22.2. The fourth-order valence-electron chi connectivity index (χ4n) is 4.63. The lowest BCUT2D eigenvalue weighted by Crippen LogP contribution is -2.62. The number of nitrogens with zero attached hydrogens (tertiary/aromatic N) is 2. The number of methoxy groups -OCH3 is 1. The molecule has 0 radical (unpaired) electrons. The molecule has 1 aliphatic heterocycles. The number of likely N-dealkylation sites (tertiary alicyclic amines) is 1. The molecule has 2 heterocycles. The van der Waals surface area contributed by atoms with Gasteiger partial charge in [0.15, 0.2) is 0 Å². The van der Waals surface area contributed by atoms with E-state index in [2.05, 4.69) is 10.3 Å². The van der Waals surface area contributed by atoms with Gasteiger partial charge in [0.25, 0.3) is 6.43 Å². The van der Waals surface area contributed by atoms with Gasteiger partial charge in [0.05, 0.1) is 37.3 Å². The quantitative estimate of drug-likeness (QED) is 0.392. The second-order valence-corrected chi connectivity index (χ2v) is 10.7. The molecule has 0 saturated carbocycles. The Balaban J connectivity index is 1.69. The Morgan fingerprint density at radius 2 is 1.84 bits per heavy atom. The maximum absolute atomic E-state index is 14.8. The van der Waals surface area contributed by atoms with Gasteiger partial charge in [0.2, 0.25) is 0 Å². The summed E-state index contributed by atoms with van der Waals surface area (Å²) in [6.07, 6.45) is -3.45. The van der Waals surface area contributed by atoms with Crippen molar-refractivity contribution in [2.75, 3.05) is 25.5 Å². The molecule has 1 aromatic heterocycles. The molecule has 2 aromatic carbocycles. The molecule has 4 rings (SSSR count). The Bertz CT molecular complexity index is 1370. The van der Waals surface area contributed by atoms with Gasteiger partial charge in [-0.25, -0.2) is 18.0 Å². The van der Waals surface area contributed by atoms with Gasteiger partial charge >= 0.3 is 6.09 Å². The third-order valence-electron chi connectivity index (χ3n) is 6.45. The number of aliphatic hydroxyl groups is 1. The molecule has 7 nitrogen and oxygen atoms in total. The topological polar surface area (TPSA) is 83.9 Å². The van der Waals surface area contributed by atoms with Crippen LogP contribution in [0.15, 0.2) is 36.4 Å². The first-order valence-electron chi connectivity index (χ1n) is 12.3. The van der Waals surface area contributed by atoms with Gasteiger partial charge in [-0.05, 0) is 46.8 Å². The van der Waals surface area contributed by atoms with Crippen molar-refractivity contribution < 1.29 is 32.5 Å². The van der Waals surface area contributed by atoms with Crippen LogP contribution in [0.3, 0.4) is 0 Å². The van der Waals surface area contributed by atoms with Crippen molar-refractivity contribution in [1.82, 2.24) is 9.88 Å². The van der Waals surface area contributed by atoms with E-state index in [4.69, 9.17) is 9.47 Å². The number of amides is 1. The van der Waals surface area contributed by atoms with E-state index in [0.717, 1.165) is 6.07 Å². The molecule has 0 bridgehead atoms. The van der Waals surface area contributed by atoms with Crippen molar-refractivity contribution in [3.8, 4) is 5.75 Å². The summed E-state index contributed by atoms with van der Waals surface area (Å²) in [5, 5.41) is 15.2. The third-order valence-corrected chi connectivity index (χ3v) is 6.45. The lowest BCUT2D eigenvalue weighted by molar-refractivity contribution is -0.104. The molecule has 3 aromatic rings. The maximum atomic E-state index is 14.8. The fourth-order valence-corrected chi connectivity index (χ4v) is 4.63. The maximum Gasteiger partial charge on any atom is 0.410 e. The van der Waals surface area contributed by atoms with Crippen LogP contribution in [0.2, 0.25) is 0 Å². The van der Waals surface area contributed by atoms with Gasteiger partial charge in [-0.2, -0.15) is 0 Å². The molecule has 1 amide bonds. The van der Waals surface area contributed by atoms with Crippen LogP contribution in [0.5, 0.6) is 5.75 Å². The Morgan fingerprint density at radius 3 is 2.45 bits per heavy atom. The summed E-state index contributed by atoms with van der Waals surface area (Å²) < 4.78 is 52.3. The molecule has 204 valence electrons. The zero-order chi connectivity index (χ0) is 28.0. The number of β-amino-alcohol motifs (C(OH)–C–C–N with tert-alkyl or cyclic N) is 1. The van der Waals surface area contributed by atoms with Crippen molar-refractivity contribution in [2.45, 2.75) is 58.3 Å². The highest BCUT2D eigenvalue weighted by Gasteiger charge is 2.48. The molecule has 1 unspecified atom stereocenters. The largest absolute Gasteiger partial charge is 0.496 e. The number of aryl methyl sites for hydroxylation is 1. The van der Waals surface area contributed by atoms with Crippen LogP contribution in [-0.4, -0.2) is 46.9 Å². The molecular weight excluding hydrogens is 499 g/mol. The van der Waals surface area contributed by atoms with Gasteiger partial charge in [0.1, 0.15) is 22.8 Å². The number of carbonyl (C=O) groups is 1. The minimum Gasteiger partial charge on any atom is -0.496 e. The van der Waals surface area contributed by atoms with Gasteiger partial charge in [0, 0.05) is 34.0 Å². The summed E-state index contributed by atoms with van der Waals surface area (Å²) in [6, 6.07) is 8.47. The van der Waals surface area contributed by atoms with Crippen LogP contribution in [-0.2, 0) is 10.3 Å². The summed E-state index contributed by atoms with van der Waals surface area (Å²) in [5.41, 5.74) is -0.332. The van der Waals surface area contributed by atoms with E-state index in [0.29, 0.717) is 33.6 Å². The molecule has 1 atom stereocenters. The number of carbonyl (C=O) groups excluding carboxylic acids is 1. The number of aromatic nitrogens is 1. The van der Waals surface area contributed by atoms with Crippen LogP contribution in [0.25, 0.3) is 10.9 Å². The van der Waals surface area contributed by atoms with Crippen molar-refractivity contribution in [2.24, 2.45) is 0 Å². The first-order chi connectivity index (χ1) is 17.7.